The molecule has 2 aromatic carbocycles. The van der Waals surface area contributed by atoms with Crippen molar-refractivity contribution in [2.24, 2.45) is 5.16 Å². The van der Waals surface area contributed by atoms with Gasteiger partial charge in [0, 0.05) is 13.0 Å². The molecule has 174 valence electrons. The summed E-state index contributed by atoms with van der Waals surface area (Å²) >= 11 is 0. The van der Waals surface area contributed by atoms with Crippen molar-refractivity contribution >= 4 is 5.71 Å². The monoisotopic (exact) mass is 439 g/mol. The first kappa shape index (κ1) is 25.5. The molecular formula is C27H37NO4. The van der Waals surface area contributed by atoms with Gasteiger partial charge in [-0.3, -0.25) is 0 Å². The molecule has 0 aromatic heterocycles. The fourth-order valence-electron chi connectivity index (χ4n) is 3.38. The summed E-state index contributed by atoms with van der Waals surface area (Å²) in [7, 11) is 1.57. The predicted octanol–water partition coefficient (Wildman–Crippen LogP) is 6.07. The predicted molar refractivity (Wildman–Crippen MR) is 131 cm³/mol. The maximum atomic E-state index is 6.05. The molecule has 2 rings (SSSR count). The molecule has 0 amide bonds. The van der Waals surface area contributed by atoms with Crippen molar-refractivity contribution in [2.45, 2.75) is 46.5 Å². The second kappa shape index (κ2) is 15.1. The minimum Gasteiger partial charge on any atom is -0.493 e. The van der Waals surface area contributed by atoms with E-state index in [9.17, 15) is 0 Å². The third kappa shape index (κ3) is 9.56. The number of oxime groups is 1. The standard InChI is InChI=1S/C27H37NO4/c1-5-6-16-31-26-18-22(2)27(23(3)19-26)32-17-12-8-11-15-30-21-25(28-29-4)20-24-13-9-7-10-14-24/h5-7,9-10,13-14,18-19H,8,11-12,15-17,20-21H2,1-4H3/b6-5+,28-25+. The molecule has 0 aliphatic rings. The number of rotatable bonds is 15. The molecular weight excluding hydrogens is 402 g/mol. The first-order chi connectivity index (χ1) is 15.6. The molecule has 0 spiro atoms. The normalized spacial score (nSPS) is 11.7. The van der Waals surface area contributed by atoms with E-state index in [1.54, 1.807) is 7.11 Å². The Morgan fingerprint density at radius 2 is 1.66 bits per heavy atom. The van der Waals surface area contributed by atoms with Crippen LogP contribution in [0.5, 0.6) is 11.5 Å². The van der Waals surface area contributed by atoms with E-state index in [1.807, 2.05) is 49.4 Å². The molecule has 5 nitrogen and oxygen atoms in total. The summed E-state index contributed by atoms with van der Waals surface area (Å²) in [5.41, 5.74) is 4.30. The largest absolute Gasteiger partial charge is 0.493 e. The number of hydrogen-bond donors (Lipinski definition) is 0. The number of aryl methyl sites for hydroxylation is 2. The first-order valence-corrected chi connectivity index (χ1v) is 11.3. The minimum atomic E-state index is 0.486. The highest BCUT2D eigenvalue weighted by Gasteiger charge is 2.07. The van der Waals surface area contributed by atoms with Crippen molar-refractivity contribution in [3.05, 3.63) is 71.3 Å². The lowest BCUT2D eigenvalue weighted by Gasteiger charge is -2.14. The highest BCUT2D eigenvalue weighted by Crippen LogP contribution is 2.28. The van der Waals surface area contributed by atoms with E-state index < -0.39 is 0 Å². The van der Waals surface area contributed by atoms with Crippen molar-refractivity contribution in [2.75, 3.05) is 33.5 Å². The topological polar surface area (TPSA) is 49.3 Å². The third-order valence-electron chi connectivity index (χ3n) is 4.94. The highest BCUT2D eigenvalue weighted by molar-refractivity contribution is 5.87. The van der Waals surface area contributed by atoms with Gasteiger partial charge in [0.05, 0.1) is 18.9 Å². The Bertz CT molecular complexity index is 823. The van der Waals surface area contributed by atoms with Crippen molar-refractivity contribution in [3.8, 4) is 11.5 Å². The van der Waals surface area contributed by atoms with E-state index in [4.69, 9.17) is 19.0 Å². The van der Waals surface area contributed by atoms with Crippen LogP contribution >= 0.6 is 0 Å². The molecule has 0 N–H and O–H groups in total. The molecule has 0 radical (unpaired) electrons. The zero-order chi connectivity index (χ0) is 23.0. The summed E-state index contributed by atoms with van der Waals surface area (Å²) in [6.07, 6.45) is 7.75. The quantitative estimate of drug-likeness (QED) is 0.146. The smallest absolute Gasteiger partial charge is 0.125 e. The van der Waals surface area contributed by atoms with Crippen LogP contribution in [-0.2, 0) is 16.0 Å². The van der Waals surface area contributed by atoms with Crippen LogP contribution in [0, 0.1) is 13.8 Å². The Balaban J connectivity index is 1.63. The number of hydrogen-bond acceptors (Lipinski definition) is 5. The fourth-order valence-corrected chi connectivity index (χ4v) is 3.38. The van der Waals surface area contributed by atoms with Gasteiger partial charge in [-0.25, -0.2) is 0 Å². The summed E-state index contributed by atoms with van der Waals surface area (Å²) in [6.45, 7) is 8.59. The molecule has 0 aliphatic heterocycles. The molecule has 0 heterocycles. The van der Waals surface area contributed by atoms with E-state index in [1.165, 1.54) is 5.56 Å². The molecule has 0 saturated heterocycles. The summed E-state index contributed by atoms with van der Waals surface area (Å²) in [4.78, 5) is 4.96. The van der Waals surface area contributed by atoms with Crippen LogP contribution in [0.25, 0.3) is 0 Å². The summed E-state index contributed by atoms with van der Waals surface area (Å²) < 4.78 is 17.6. The average molecular weight is 440 g/mol. The van der Waals surface area contributed by atoms with Crippen LogP contribution in [0.2, 0.25) is 0 Å². The van der Waals surface area contributed by atoms with E-state index in [0.29, 0.717) is 26.4 Å². The van der Waals surface area contributed by atoms with Crippen LogP contribution in [0.1, 0.15) is 42.9 Å². The molecule has 32 heavy (non-hydrogen) atoms. The zero-order valence-corrected chi connectivity index (χ0v) is 19.9. The Labute approximate surface area is 193 Å². The van der Waals surface area contributed by atoms with Crippen LogP contribution in [0.4, 0.5) is 0 Å². The number of unbranched alkanes of at least 4 members (excludes halogenated alkanes) is 2. The second-order valence-electron chi connectivity index (χ2n) is 7.73. The molecule has 0 unspecified atom stereocenters. The average Bonchev–Trinajstić information content (AvgIpc) is 2.78. The van der Waals surface area contributed by atoms with Gasteiger partial charge in [-0.1, -0.05) is 47.6 Å². The molecule has 2 aromatic rings. The molecule has 0 fully saturated rings. The lowest BCUT2D eigenvalue weighted by atomic mass is 10.1. The molecule has 0 bridgehead atoms. The number of benzene rings is 2. The van der Waals surface area contributed by atoms with Crippen LogP contribution in [0.15, 0.2) is 59.8 Å². The van der Waals surface area contributed by atoms with Gasteiger partial charge in [-0.2, -0.15) is 0 Å². The van der Waals surface area contributed by atoms with Crippen molar-refractivity contribution in [1.29, 1.82) is 0 Å². The van der Waals surface area contributed by atoms with Crippen molar-refractivity contribution in [1.82, 2.24) is 0 Å². The minimum absolute atomic E-state index is 0.486. The van der Waals surface area contributed by atoms with Crippen molar-refractivity contribution < 1.29 is 19.0 Å². The van der Waals surface area contributed by atoms with Gasteiger partial charge in [-0.15, -0.1) is 0 Å². The van der Waals surface area contributed by atoms with E-state index >= 15 is 0 Å². The maximum Gasteiger partial charge on any atom is 0.125 e. The first-order valence-electron chi connectivity index (χ1n) is 11.3. The van der Waals surface area contributed by atoms with E-state index in [-0.39, 0.29) is 0 Å². The summed E-state index contributed by atoms with van der Waals surface area (Å²) in [5.74, 6) is 1.84. The Morgan fingerprint density at radius 3 is 2.34 bits per heavy atom. The molecule has 0 aliphatic carbocycles. The van der Waals surface area contributed by atoms with E-state index in [0.717, 1.165) is 54.0 Å². The van der Waals surface area contributed by atoms with Gasteiger partial charge in [0.25, 0.3) is 0 Å². The van der Waals surface area contributed by atoms with Crippen LogP contribution in [0.3, 0.4) is 0 Å². The number of ether oxygens (including phenoxy) is 3. The Hall–Kier alpha value is -2.79. The van der Waals surface area contributed by atoms with Gasteiger partial charge in [-0.05, 0) is 68.9 Å². The molecule has 0 saturated carbocycles. The fraction of sp³-hybridized carbons (Fsp3) is 0.444. The second-order valence-corrected chi connectivity index (χ2v) is 7.73. The van der Waals surface area contributed by atoms with Gasteiger partial charge in [0.15, 0.2) is 0 Å². The zero-order valence-electron chi connectivity index (χ0n) is 19.9. The van der Waals surface area contributed by atoms with E-state index in [2.05, 4.69) is 31.1 Å². The van der Waals surface area contributed by atoms with Crippen LogP contribution < -0.4 is 9.47 Å². The van der Waals surface area contributed by atoms with Gasteiger partial charge < -0.3 is 19.0 Å². The SMILES string of the molecule is C/C=C/COc1cc(C)c(OCCCCCOC/C(Cc2ccccc2)=N/OC)c(C)c1. The van der Waals surface area contributed by atoms with Gasteiger partial charge in [0.1, 0.15) is 25.2 Å². The Morgan fingerprint density at radius 1 is 0.938 bits per heavy atom. The summed E-state index contributed by atoms with van der Waals surface area (Å²) in [6, 6.07) is 14.3. The van der Waals surface area contributed by atoms with Crippen LogP contribution in [-0.4, -0.2) is 39.2 Å². The van der Waals surface area contributed by atoms with Gasteiger partial charge >= 0.3 is 0 Å². The lowest BCUT2D eigenvalue weighted by Crippen LogP contribution is -2.13. The lowest BCUT2D eigenvalue weighted by molar-refractivity contribution is 0.155. The molecule has 5 heteroatoms. The maximum absolute atomic E-state index is 6.05. The Kier molecular flexibility index (Phi) is 12.0. The summed E-state index contributed by atoms with van der Waals surface area (Å²) in [5, 5.41) is 4.10. The number of nitrogens with zero attached hydrogens (tertiary/aromatic N) is 1. The molecule has 0 atom stereocenters. The third-order valence-corrected chi connectivity index (χ3v) is 4.94. The number of allylic oxidation sites excluding steroid dienone is 1. The highest BCUT2D eigenvalue weighted by atomic mass is 16.6. The van der Waals surface area contributed by atoms with Crippen molar-refractivity contribution in [3.63, 3.8) is 0 Å². The van der Waals surface area contributed by atoms with Gasteiger partial charge in [0.2, 0.25) is 0 Å².